The molecule has 26 heavy (non-hydrogen) atoms. The molecule has 0 saturated carbocycles. The van der Waals surface area contributed by atoms with Gasteiger partial charge in [-0.3, -0.25) is 4.79 Å². The first-order chi connectivity index (χ1) is 12.7. The van der Waals surface area contributed by atoms with Gasteiger partial charge in [0.15, 0.2) is 5.96 Å². The van der Waals surface area contributed by atoms with Crippen LogP contribution in [0.2, 0.25) is 0 Å². The second kappa shape index (κ2) is 8.98. The van der Waals surface area contributed by atoms with Crippen molar-refractivity contribution in [3.63, 3.8) is 0 Å². The van der Waals surface area contributed by atoms with Crippen LogP contribution in [-0.4, -0.2) is 67.1 Å². The topological polar surface area (TPSA) is 57.2 Å². The number of aliphatic imine (C=N–C) groups is 1. The number of nitrogens with one attached hydrogen (secondary N) is 1. The molecule has 2 aliphatic heterocycles. The Morgan fingerprint density at radius 2 is 2.00 bits per heavy atom. The van der Waals surface area contributed by atoms with Crippen LogP contribution >= 0.6 is 0 Å². The quantitative estimate of drug-likeness (QED) is 0.653. The summed E-state index contributed by atoms with van der Waals surface area (Å²) in [6.45, 7) is 6.46. The van der Waals surface area contributed by atoms with E-state index in [1.807, 2.05) is 17.9 Å². The van der Waals surface area contributed by atoms with Crippen LogP contribution < -0.4 is 5.32 Å². The Bertz CT molecular complexity index is 638. The second-order valence-electron chi connectivity index (χ2n) is 6.58. The molecule has 1 atom stereocenters. The third-order valence-electron chi connectivity index (χ3n) is 4.79. The summed E-state index contributed by atoms with van der Waals surface area (Å²) in [5.41, 5.74) is 0.579. The van der Waals surface area contributed by atoms with E-state index < -0.39 is 0 Å². The normalized spacial score (nSPS) is 21.2. The van der Waals surface area contributed by atoms with E-state index in [1.165, 1.54) is 6.07 Å². The minimum atomic E-state index is -0.260. The van der Waals surface area contributed by atoms with E-state index in [4.69, 9.17) is 4.74 Å². The number of guanidine groups is 1. The summed E-state index contributed by atoms with van der Waals surface area (Å²) in [5.74, 6) is 0.634. The van der Waals surface area contributed by atoms with E-state index in [-0.39, 0.29) is 17.8 Å². The summed E-state index contributed by atoms with van der Waals surface area (Å²) >= 11 is 0. The molecule has 2 fully saturated rings. The molecule has 7 heteroatoms. The Morgan fingerprint density at radius 3 is 2.65 bits per heavy atom. The van der Waals surface area contributed by atoms with Gasteiger partial charge >= 0.3 is 0 Å². The molecule has 1 aromatic rings. The molecule has 2 saturated heterocycles. The fourth-order valence-electron chi connectivity index (χ4n) is 3.33. The Morgan fingerprint density at radius 1 is 1.27 bits per heavy atom. The number of carbonyl (C=O) groups excluding carboxylic acids is 1. The summed E-state index contributed by atoms with van der Waals surface area (Å²) in [6.07, 6.45) is 1.53. The van der Waals surface area contributed by atoms with Gasteiger partial charge in [-0.15, -0.1) is 0 Å². The summed E-state index contributed by atoms with van der Waals surface area (Å²) in [7, 11) is 0. The number of rotatable bonds is 4. The van der Waals surface area contributed by atoms with Gasteiger partial charge in [-0.05, 0) is 25.8 Å². The molecule has 1 N–H and O–H groups in total. The van der Waals surface area contributed by atoms with Gasteiger partial charge in [-0.1, -0.05) is 18.2 Å². The van der Waals surface area contributed by atoms with Gasteiger partial charge in [0.25, 0.3) is 5.91 Å². The van der Waals surface area contributed by atoms with Crippen molar-refractivity contribution in [2.75, 3.05) is 39.3 Å². The Labute approximate surface area is 154 Å². The number of amides is 1. The van der Waals surface area contributed by atoms with Crippen molar-refractivity contribution in [3.8, 4) is 0 Å². The number of ether oxygens (including phenoxy) is 1. The summed E-state index contributed by atoms with van der Waals surface area (Å²) in [6, 6.07) is 6.70. The SMILES string of the molecule is CCNC(=NCc1ccccc1F)N1CCN(C(=O)C2CCCO2)CC1. The molecule has 1 unspecified atom stereocenters. The predicted molar refractivity (Wildman–Crippen MR) is 98.3 cm³/mol. The van der Waals surface area contributed by atoms with Crippen molar-refractivity contribution >= 4 is 11.9 Å². The highest BCUT2D eigenvalue weighted by Gasteiger charge is 2.30. The number of hydrogen-bond acceptors (Lipinski definition) is 3. The summed E-state index contributed by atoms with van der Waals surface area (Å²) < 4.78 is 19.3. The molecule has 142 valence electrons. The Kier molecular flexibility index (Phi) is 6.44. The molecule has 0 bridgehead atoms. The third kappa shape index (κ3) is 4.52. The zero-order valence-corrected chi connectivity index (χ0v) is 15.3. The lowest BCUT2D eigenvalue weighted by atomic mass is 10.2. The third-order valence-corrected chi connectivity index (χ3v) is 4.79. The van der Waals surface area contributed by atoms with Gasteiger partial charge in [0.1, 0.15) is 11.9 Å². The standard InChI is InChI=1S/C19H27FN4O2/c1-2-21-19(22-14-15-6-3-4-7-16(15)20)24-11-9-23(10-12-24)18(25)17-8-5-13-26-17/h3-4,6-7,17H,2,5,8-14H2,1H3,(H,21,22). The first-order valence-corrected chi connectivity index (χ1v) is 9.36. The lowest BCUT2D eigenvalue weighted by molar-refractivity contribution is -0.142. The van der Waals surface area contributed by atoms with Gasteiger partial charge < -0.3 is 19.9 Å². The Hall–Kier alpha value is -2.15. The van der Waals surface area contributed by atoms with Gasteiger partial charge in [-0.25, -0.2) is 9.38 Å². The molecule has 2 aliphatic rings. The summed E-state index contributed by atoms with van der Waals surface area (Å²) in [5, 5.41) is 3.27. The highest BCUT2D eigenvalue weighted by Crippen LogP contribution is 2.16. The molecular weight excluding hydrogens is 335 g/mol. The van der Waals surface area contributed by atoms with E-state index >= 15 is 0 Å². The molecule has 0 radical (unpaired) electrons. The van der Waals surface area contributed by atoms with Gasteiger partial charge in [0.2, 0.25) is 0 Å². The molecule has 0 aromatic heterocycles. The van der Waals surface area contributed by atoms with Crippen molar-refractivity contribution in [1.82, 2.24) is 15.1 Å². The van der Waals surface area contributed by atoms with Gasteiger partial charge in [-0.2, -0.15) is 0 Å². The van der Waals surface area contributed by atoms with Crippen LogP contribution in [0.15, 0.2) is 29.3 Å². The molecule has 2 heterocycles. The lowest BCUT2D eigenvalue weighted by Gasteiger charge is -2.37. The van der Waals surface area contributed by atoms with Crippen LogP contribution in [0.25, 0.3) is 0 Å². The van der Waals surface area contributed by atoms with E-state index in [1.54, 1.807) is 12.1 Å². The van der Waals surface area contributed by atoms with Crippen molar-refractivity contribution < 1.29 is 13.9 Å². The molecule has 3 rings (SSSR count). The minimum Gasteiger partial charge on any atom is -0.368 e. The van der Waals surface area contributed by atoms with Gasteiger partial charge in [0.05, 0.1) is 6.54 Å². The fraction of sp³-hybridized carbons (Fsp3) is 0.579. The van der Waals surface area contributed by atoms with Crippen molar-refractivity contribution in [2.24, 2.45) is 4.99 Å². The average Bonchev–Trinajstić information content (AvgIpc) is 3.21. The average molecular weight is 362 g/mol. The Balaban J connectivity index is 1.58. The maximum absolute atomic E-state index is 13.8. The van der Waals surface area contributed by atoms with E-state index in [2.05, 4.69) is 15.2 Å². The van der Waals surface area contributed by atoms with Crippen LogP contribution in [0.3, 0.4) is 0 Å². The smallest absolute Gasteiger partial charge is 0.251 e. The highest BCUT2D eigenvalue weighted by molar-refractivity contribution is 5.82. The number of benzene rings is 1. The number of piperazine rings is 1. The minimum absolute atomic E-state index is 0.107. The maximum atomic E-state index is 13.8. The van der Waals surface area contributed by atoms with Gasteiger partial charge in [0, 0.05) is 44.9 Å². The largest absolute Gasteiger partial charge is 0.368 e. The van der Waals surface area contributed by atoms with Crippen molar-refractivity contribution in [2.45, 2.75) is 32.4 Å². The summed E-state index contributed by atoms with van der Waals surface area (Å²) in [4.78, 5) is 21.0. The van der Waals surface area contributed by atoms with E-state index in [0.29, 0.717) is 44.9 Å². The zero-order chi connectivity index (χ0) is 18.4. The van der Waals surface area contributed by atoms with E-state index in [0.717, 1.165) is 25.3 Å². The molecule has 6 nitrogen and oxygen atoms in total. The van der Waals surface area contributed by atoms with E-state index in [9.17, 15) is 9.18 Å². The monoisotopic (exact) mass is 362 g/mol. The zero-order valence-electron chi connectivity index (χ0n) is 15.3. The molecule has 1 aromatic carbocycles. The maximum Gasteiger partial charge on any atom is 0.251 e. The molecule has 0 aliphatic carbocycles. The van der Waals surface area contributed by atoms with Crippen LogP contribution in [0.1, 0.15) is 25.3 Å². The molecule has 1 amide bonds. The first-order valence-electron chi connectivity index (χ1n) is 9.36. The number of nitrogens with zero attached hydrogens (tertiary/aromatic N) is 3. The van der Waals surface area contributed by atoms with Crippen LogP contribution in [0.5, 0.6) is 0 Å². The number of hydrogen-bond donors (Lipinski definition) is 1. The number of carbonyl (C=O) groups is 1. The van der Waals surface area contributed by atoms with Crippen molar-refractivity contribution in [1.29, 1.82) is 0 Å². The molecular formula is C19H27FN4O2. The van der Waals surface area contributed by atoms with Crippen LogP contribution in [0.4, 0.5) is 4.39 Å². The van der Waals surface area contributed by atoms with Crippen molar-refractivity contribution in [3.05, 3.63) is 35.6 Å². The molecule has 0 spiro atoms. The second-order valence-corrected chi connectivity index (χ2v) is 6.58. The van der Waals surface area contributed by atoms with Crippen LogP contribution in [0, 0.1) is 5.82 Å². The number of halogens is 1. The van der Waals surface area contributed by atoms with Crippen LogP contribution in [-0.2, 0) is 16.1 Å². The highest BCUT2D eigenvalue weighted by atomic mass is 19.1. The fourth-order valence-corrected chi connectivity index (χ4v) is 3.33. The lowest BCUT2D eigenvalue weighted by Crippen LogP contribution is -2.55. The predicted octanol–water partition coefficient (Wildman–Crippen LogP) is 1.61. The first kappa shape index (κ1) is 18.6.